The molecule has 4 heterocycles. The van der Waals surface area contributed by atoms with Gasteiger partial charge < -0.3 is 9.47 Å². The van der Waals surface area contributed by atoms with Crippen LogP contribution in [0.1, 0.15) is 53.7 Å². The monoisotopic (exact) mass is 355 g/mol. The Morgan fingerprint density at radius 2 is 2.15 bits per heavy atom. The zero-order chi connectivity index (χ0) is 18.3. The number of amides is 1. The summed E-state index contributed by atoms with van der Waals surface area (Å²) in [5.74, 6) is 1.26. The van der Waals surface area contributed by atoms with E-state index in [1.807, 2.05) is 18.7 Å². The molecule has 2 aliphatic heterocycles. The molecule has 7 nitrogen and oxygen atoms in total. The van der Waals surface area contributed by atoms with Gasteiger partial charge in [0.2, 0.25) is 5.91 Å². The standard InChI is InChI=1S/C19H25N5O2/c1-12-15(13(2)22-21-12)9-19(26)23-7-3-5-14(11-23)16-10-18(25)20-17-6-4-8-24(16)17/h10,14H,3-9,11H2,1-2H3,(H,21,22). The Kier molecular flexibility index (Phi) is 4.38. The van der Waals surface area contributed by atoms with E-state index in [4.69, 9.17) is 0 Å². The third kappa shape index (κ3) is 3.06. The summed E-state index contributed by atoms with van der Waals surface area (Å²) in [5, 5.41) is 7.13. The molecule has 2 aliphatic rings. The van der Waals surface area contributed by atoms with Crippen LogP contribution < -0.4 is 5.56 Å². The van der Waals surface area contributed by atoms with Crippen molar-refractivity contribution >= 4 is 5.91 Å². The van der Waals surface area contributed by atoms with Crippen LogP contribution in [-0.4, -0.2) is 43.6 Å². The molecule has 0 saturated carbocycles. The SMILES string of the molecule is Cc1n[nH]c(C)c1CC(=O)N1CCCC(c2cc(=O)nc3n2CCC3)C1. The third-order valence-electron chi connectivity index (χ3n) is 5.72. The Balaban J connectivity index is 1.53. The molecule has 0 radical (unpaired) electrons. The van der Waals surface area contributed by atoms with Gasteiger partial charge in [-0.2, -0.15) is 10.1 Å². The number of nitrogens with one attached hydrogen (secondary N) is 1. The number of hydrogen-bond acceptors (Lipinski definition) is 4. The van der Waals surface area contributed by atoms with Gasteiger partial charge in [0, 0.05) is 55.0 Å². The minimum atomic E-state index is -0.152. The topological polar surface area (TPSA) is 83.9 Å². The van der Waals surface area contributed by atoms with E-state index in [1.54, 1.807) is 6.07 Å². The van der Waals surface area contributed by atoms with Crippen LogP contribution in [0.3, 0.4) is 0 Å². The Hall–Kier alpha value is -2.44. The van der Waals surface area contributed by atoms with Gasteiger partial charge in [0.15, 0.2) is 0 Å². The van der Waals surface area contributed by atoms with E-state index in [0.717, 1.165) is 67.2 Å². The molecule has 26 heavy (non-hydrogen) atoms. The molecule has 1 atom stereocenters. The lowest BCUT2D eigenvalue weighted by molar-refractivity contribution is -0.131. The number of nitrogens with zero attached hydrogens (tertiary/aromatic N) is 4. The predicted octanol–water partition coefficient (Wildman–Crippen LogP) is 1.48. The van der Waals surface area contributed by atoms with Gasteiger partial charge in [0.05, 0.1) is 12.1 Å². The summed E-state index contributed by atoms with van der Waals surface area (Å²) in [6, 6.07) is 1.68. The molecule has 138 valence electrons. The minimum absolute atomic E-state index is 0.139. The minimum Gasteiger partial charge on any atom is -0.342 e. The average molecular weight is 355 g/mol. The fraction of sp³-hybridized carbons (Fsp3) is 0.579. The highest BCUT2D eigenvalue weighted by molar-refractivity contribution is 5.79. The van der Waals surface area contributed by atoms with Crippen LogP contribution >= 0.6 is 0 Å². The number of fused-ring (bicyclic) bond motifs is 1. The first-order valence-corrected chi connectivity index (χ1v) is 9.42. The van der Waals surface area contributed by atoms with E-state index >= 15 is 0 Å². The van der Waals surface area contributed by atoms with E-state index < -0.39 is 0 Å². The summed E-state index contributed by atoms with van der Waals surface area (Å²) in [7, 11) is 0. The molecule has 1 amide bonds. The quantitative estimate of drug-likeness (QED) is 0.904. The number of hydrogen-bond donors (Lipinski definition) is 1. The summed E-state index contributed by atoms with van der Waals surface area (Å²) in [6.07, 6.45) is 4.27. The van der Waals surface area contributed by atoms with Crippen LogP contribution in [-0.2, 0) is 24.2 Å². The number of piperidine rings is 1. The normalized spacial score (nSPS) is 19.6. The second-order valence-corrected chi connectivity index (χ2v) is 7.46. The maximum atomic E-state index is 12.9. The van der Waals surface area contributed by atoms with Crippen molar-refractivity contribution in [1.29, 1.82) is 0 Å². The summed E-state index contributed by atoms with van der Waals surface area (Å²) >= 11 is 0. The van der Waals surface area contributed by atoms with Gasteiger partial charge in [0.1, 0.15) is 5.82 Å². The first kappa shape index (κ1) is 17.0. The van der Waals surface area contributed by atoms with E-state index in [0.29, 0.717) is 13.0 Å². The lowest BCUT2D eigenvalue weighted by Gasteiger charge is -2.34. The number of likely N-dealkylation sites (tertiary alicyclic amines) is 1. The van der Waals surface area contributed by atoms with Crippen LogP contribution in [0.4, 0.5) is 0 Å². The molecule has 0 bridgehead atoms. The Labute approximate surface area is 152 Å². The van der Waals surface area contributed by atoms with Gasteiger partial charge in [-0.15, -0.1) is 0 Å². The number of aromatic nitrogens is 4. The highest BCUT2D eigenvalue weighted by Crippen LogP contribution is 2.29. The zero-order valence-corrected chi connectivity index (χ0v) is 15.4. The van der Waals surface area contributed by atoms with Gasteiger partial charge in [-0.05, 0) is 33.1 Å². The molecule has 4 rings (SSSR count). The molecule has 2 aromatic rings. The largest absolute Gasteiger partial charge is 0.342 e. The van der Waals surface area contributed by atoms with Gasteiger partial charge in [-0.25, -0.2) is 0 Å². The van der Waals surface area contributed by atoms with Gasteiger partial charge in [-0.1, -0.05) is 0 Å². The molecular formula is C19H25N5O2. The lowest BCUT2D eigenvalue weighted by Crippen LogP contribution is -2.41. The molecule has 1 unspecified atom stereocenters. The van der Waals surface area contributed by atoms with Crippen LogP contribution in [0.5, 0.6) is 0 Å². The maximum Gasteiger partial charge on any atom is 0.273 e. The summed E-state index contributed by atoms with van der Waals surface area (Å²) in [5.41, 5.74) is 3.76. The third-order valence-corrected chi connectivity index (χ3v) is 5.72. The van der Waals surface area contributed by atoms with E-state index in [-0.39, 0.29) is 17.4 Å². The molecule has 0 aromatic carbocycles. The fourth-order valence-electron chi connectivity index (χ4n) is 4.30. The molecule has 0 aliphatic carbocycles. The molecule has 2 aromatic heterocycles. The zero-order valence-electron chi connectivity index (χ0n) is 15.4. The second-order valence-electron chi connectivity index (χ2n) is 7.46. The smallest absolute Gasteiger partial charge is 0.273 e. The van der Waals surface area contributed by atoms with Crippen molar-refractivity contribution in [1.82, 2.24) is 24.6 Å². The van der Waals surface area contributed by atoms with Crippen molar-refractivity contribution in [3.05, 3.63) is 44.9 Å². The Morgan fingerprint density at radius 1 is 1.31 bits per heavy atom. The van der Waals surface area contributed by atoms with Crippen molar-refractivity contribution in [2.24, 2.45) is 0 Å². The Bertz CT molecular complexity index is 878. The number of carbonyl (C=O) groups is 1. The number of H-pyrrole nitrogens is 1. The fourth-order valence-corrected chi connectivity index (χ4v) is 4.30. The summed E-state index contributed by atoms with van der Waals surface area (Å²) in [4.78, 5) is 30.9. The van der Waals surface area contributed by atoms with Crippen molar-refractivity contribution in [2.75, 3.05) is 13.1 Å². The van der Waals surface area contributed by atoms with Gasteiger partial charge in [0.25, 0.3) is 5.56 Å². The lowest BCUT2D eigenvalue weighted by atomic mass is 9.93. The highest BCUT2D eigenvalue weighted by Gasteiger charge is 2.29. The van der Waals surface area contributed by atoms with Crippen molar-refractivity contribution in [3.8, 4) is 0 Å². The molecule has 1 saturated heterocycles. The van der Waals surface area contributed by atoms with Crippen LogP contribution in [0, 0.1) is 13.8 Å². The summed E-state index contributed by atoms with van der Waals surface area (Å²) < 4.78 is 2.20. The van der Waals surface area contributed by atoms with Gasteiger partial charge in [-0.3, -0.25) is 14.7 Å². The molecular weight excluding hydrogens is 330 g/mol. The van der Waals surface area contributed by atoms with E-state index in [1.165, 1.54) is 0 Å². The number of rotatable bonds is 3. The molecule has 1 N–H and O–H groups in total. The average Bonchev–Trinajstić information content (AvgIpc) is 3.22. The molecule has 7 heteroatoms. The highest BCUT2D eigenvalue weighted by atomic mass is 16.2. The molecule has 0 spiro atoms. The van der Waals surface area contributed by atoms with E-state index in [9.17, 15) is 9.59 Å². The maximum absolute atomic E-state index is 12.9. The first-order chi connectivity index (χ1) is 12.5. The number of carbonyl (C=O) groups excluding carboxylic acids is 1. The van der Waals surface area contributed by atoms with Crippen LogP contribution in [0.25, 0.3) is 0 Å². The predicted molar refractivity (Wildman–Crippen MR) is 97.1 cm³/mol. The summed E-state index contributed by atoms with van der Waals surface area (Å²) in [6.45, 7) is 6.27. The van der Waals surface area contributed by atoms with E-state index in [2.05, 4.69) is 19.7 Å². The number of aromatic amines is 1. The van der Waals surface area contributed by atoms with Crippen molar-refractivity contribution in [2.45, 2.75) is 58.4 Å². The van der Waals surface area contributed by atoms with Crippen LogP contribution in [0.15, 0.2) is 10.9 Å². The van der Waals surface area contributed by atoms with Crippen LogP contribution in [0.2, 0.25) is 0 Å². The van der Waals surface area contributed by atoms with Gasteiger partial charge >= 0.3 is 0 Å². The molecule has 1 fully saturated rings. The van der Waals surface area contributed by atoms with Crippen molar-refractivity contribution in [3.63, 3.8) is 0 Å². The first-order valence-electron chi connectivity index (χ1n) is 9.42. The van der Waals surface area contributed by atoms with Crippen molar-refractivity contribution < 1.29 is 4.79 Å². The second kappa shape index (κ2) is 6.70. The number of aryl methyl sites for hydroxylation is 3. The Morgan fingerprint density at radius 3 is 2.92 bits per heavy atom.